The third kappa shape index (κ3) is 2.35. The first-order valence-corrected chi connectivity index (χ1v) is 6.04. The molecule has 0 bridgehead atoms. The number of nitrogens with one attached hydrogen (secondary N) is 2. The Morgan fingerprint density at radius 2 is 1.95 bits per heavy atom. The maximum atomic E-state index is 12.0. The molecule has 1 aromatic carbocycles. The maximum absolute atomic E-state index is 12.0. The first kappa shape index (κ1) is 11.5. The third-order valence-corrected chi connectivity index (χ3v) is 3.09. The summed E-state index contributed by atoms with van der Waals surface area (Å²) >= 11 is 0. The molecule has 3 rings (SSSR count). The van der Waals surface area contributed by atoms with Gasteiger partial charge in [0.2, 0.25) is 0 Å². The summed E-state index contributed by atoms with van der Waals surface area (Å²) in [5.74, 6) is 0. The van der Waals surface area contributed by atoms with Crippen molar-refractivity contribution in [1.82, 2.24) is 9.88 Å². The van der Waals surface area contributed by atoms with Crippen molar-refractivity contribution in [1.29, 1.82) is 0 Å². The molecule has 0 radical (unpaired) electrons. The predicted molar refractivity (Wildman–Crippen MR) is 72.1 cm³/mol. The molecule has 2 aromatic rings. The maximum Gasteiger partial charge on any atom is 0.319 e. The largest absolute Gasteiger partial charge is 0.334 e. The van der Waals surface area contributed by atoms with Crippen molar-refractivity contribution < 1.29 is 4.79 Å². The number of pyridine rings is 1. The van der Waals surface area contributed by atoms with Crippen molar-refractivity contribution in [3.8, 4) is 0 Å². The number of carbonyl (C=O) groups is 1. The molecule has 0 atom stereocenters. The predicted octanol–water partition coefficient (Wildman–Crippen LogP) is 1.53. The fourth-order valence-electron chi connectivity index (χ4n) is 2.12. The lowest BCUT2D eigenvalue weighted by Gasteiger charge is -2.19. The van der Waals surface area contributed by atoms with E-state index in [1.54, 1.807) is 10.8 Å². The molecular weight excluding hydrogens is 242 g/mol. The van der Waals surface area contributed by atoms with Crippen LogP contribution in [0.25, 0.3) is 0 Å². The highest BCUT2D eigenvalue weighted by atomic mass is 16.2. The van der Waals surface area contributed by atoms with Gasteiger partial charge in [0.1, 0.15) is 0 Å². The zero-order chi connectivity index (χ0) is 13.2. The molecule has 0 aliphatic carbocycles. The zero-order valence-corrected chi connectivity index (χ0v) is 10.2. The number of benzene rings is 1. The molecule has 1 aliphatic heterocycles. The number of hydrogen-bond acceptors (Lipinski definition) is 2. The third-order valence-electron chi connectivity index (χ3n) is 3.09. The Kier molecular flexibility index (Phi) is 2.79. The second kappa shape index (κ2) is 4.61. The molecule has 0 fully saturated rings. The summed E-state index contributed by atoms with van der Waals surface area (Å²) in [7, 11) is 0. The van der Waals surface area contributed by atoms with Gasteiger partial charge in [-0.25, -0.2) is 4.79 Å². The number of aromatic nitrogens is 1. The van der Waals surface area contributed by atoms with Crippen LogP contribution in [-0.4, -0.2) is 10.6 Å². The smallest absolute Gasteiger partial charge is 0.319 e. The number of rotatable bonds is 2. The topological polar surface area (TPSA) is 63.1 Å². The summed E-state index contributed by atoms with van der Waals surface area (Å²) in [5.41, 5.74) is 2.45. The number of carbonyl (C=O) groups excluding carboxylic acids is 1. The number of fused-ring (bicyclic) bond motifs is 1. The number of amides is 2. The molecule has 5 nitrogen and oxygen atoms in total. The van der Waals surface area contributed by atoms with Gasteiger partial charge < -0.3 is 15.2 Å². The van der Waals surface area contributed by atoms with Crippen molar-refractivity contribution >= 4 is 11.7 Å². The summed E-state index contributed by atoms with van der Waals surface area (Å²) in [5, 5.41) is 5.31. The van der Waals surface area contributed by atoms with E-state index in [9.17, 15) is 9.59 Å². The second-order valence-electron chi connectivity index (χ2n) is 4.47. The van der Waals surface area contributed by atoms with Crippen LogP contribution in [0.2, 0.25) is 0 Å². The van der Waals surface area contributed by atoms with Gasteiger partial charge in [-0.15, -0.1) is 0 Å². The first-order valence-electron chi connectivity index (χ1n) is 6.04. The van der Waals surface area contributed by atoms with Gasteiger partial charge in [0, 0.05) is 24.4 Å². The Morgan fingerprint density at radius 3 is 2.74 bits per heavy atom. The van der Waals surface area contributed by atoms with Crippen LogP contribution in [0.1, 0.15) is 11.1 Å². The summed E-state index contributed by atoms with van der Waals surface area (Å²) in [6, 6.07) is 11.0. The minimum absolute atomic E-state index is 0.121. The van der Waals surface area contributed by atoms with E-state index in [0.717, 1.165) is 11.1 Å². The lowest BCUT2D eigenvalue weighted by atomic mass is 10.2. The first-order chi connectivity index (χ1) is 9.22. The summed E-state index contributed by atoms with van der Waals surface area (Å²) in [6.45, 7) is 0.969. The lowest BCUT2D eigenvalue weighted by molar-refractivity contribution is 0.251. The Labute approximate surface area is 109 Å². The average Bonchev–Trinajstić information content (AvgIpc) is 2.41. The van der Waals surface area contributed by atoms with E-state index < -0.39 is 0 Å². The molecule has 0 unspecified atom stereocenters. The van der Waals surface area contributed by atoms with E-state index in [0.29, 0.717) is 18.8 Å². The van der Waals surface area contributed by atoms with Crippen molar-refractivity contribution in [2.75, 3.05) is 5.32 Å². The minimum atomic E-state index is -0.271. The van der Waals surface area contributed by atoms with Gasteiger partial charge in [0.05, 0.1) is 12.2 Å². The molecular formula is C14H13N3O2. The second-order valence-corrected chi connectivity index (χ2v) is 4.47. The van der Waals surface area contributed by atoms with Crippen LogP contribution >= 0.6 is 0 Å². The Hall–Kier alpha value is -2.56. The number of anilines is 1. The summed E-state index contributed by atoms with van der Waals surface area (Å²) in [6.07, 6.45) is 1.79. The van der Waals surface area contributed by atoms with Crippen LogP contribution in [0.4, 0.5) is 10.5 Å². The number of nitrogens with zero attached hydrogens (tertiary/aromatic N) is 1. The monoisotopic (exact) mass is 255 g/mol. The van der Waals surface area contributed by atoms with Crippen LogP contribution in [0, 0.1) is 0 Å². The Bertz CT molecular complexity index is 677. The molecule has 19 heavy (non-hydrogen) atoms. The summed E-state index contributed by atoms with van der Waals surface area (Å²) < 4.78 is 1.65. The molecule has 1 aliphatic rings. The lowest BCUT2D eigenvalue weighted by Crippen LogP contribution is -2.35. The van der Waals surface area contributed by atoms with E-state index in [4.69, 9.17) is 0 Å². The Morgan fingerprint density at radius 1 is 1.16 bits per heavy atom. The van der Waals surface area contributed by atoms with E-state index in [-0.39, 0.29) is 11.6 Å². The highest BCUT2D eigenvalue weighted by molar-refractivity contribution is 5.91. The molecule has 2 N–H and O–H groups in total. The molecule has 96 valence electrons. The number of urea groups is 1. The number of hydrogen-bond donors (Lipinski definition) is 2. The van der Waals surface area contributed by atoms with Gasteiger partial charge in [-0.1, -0.05) is 30.3 Å². The average molecular weight is 255 g/mol. The van der Waals surface area contributed by atoms with Crippen molar-refractivity contribution in [2.24, 2.45) is 0 Å². The Balaban J connectivity index is 1.95. The quantitative estimate of drug-likeness (QED) is 0.854. The van der Waals surface area contributed by atoms with Gasteiger partial charge in [-0.05, 0) is 5.56 Å². The SMILES string of the molecule is O=C1NCc2cn(Cc3ccccc3)c(=O)cc2N1. The van der Waals surface area contributed by atoms with Crippen molar-refractivity contribution in [3.05, 3.63) is 64.1 Å². The van der Waals surface area contributed by atoms with E-state index in [1.165, 1.54) is 6.07 Å². The highest BCUT2D eigenvalue weighted by Gasteiger charge is 2.15. The minimum Gasteiger partial charge on any atom is -0.334 e. The molecule has 2 heterocycles. The fourth-order valence-corrected chi connectivity index (χ4v) is 2.12. The van der Waals surface area contributed by atoms with Crippen LogP contribution in [0.3, 0.4) is 0 Å². The van der Waals surface area contributed by atoms with Gasteiger partial charge in [-0.2, -0.15) is 0 Å². The van der Waals surface area contributed by atoms with Crippen LogP contribution in [-0.2, 0) is 13.1 Å². The molecule has 5 heteroatoms. The standard InChI is InChI=1S/C14H13N3O2/c18-13-6-12-11(7-15-14(19)16-12)9-17(13)8-10-4-2-1-3-5-10/h1-6,9H,7-8H2,(H2,15,16,19). The molecule has 2 amide bonds. The molecule has 1 aromatic heterocycles. The van der Waals surface area contributed by atoms with Crippen molar-refractivity contribution in [2.45, 2.75) is 13.1 Å². The molecule has 0 saturated carbocycles. The highest BCUT2D eigenvalue weighted by Crippen LogP contribution is 2.16. The van der Waals surface area contributed by atoms with E-state index in [1.807, 2.05) is 30.3 Å². The van der Waals surface area contributed by atoms with Crippen LogP contribution in [0.15, 0.2) is 47.4 Å². The fraction of sp³-hybridized carbons (Fsp3) is 0.143. The van der Waals surface area contributed by atoms with E-state index >= 15 is 0 Å². The van der Waals surface area contributed by atoms with Crippen LogP contribution < -0.4 is 16.2 Å². The normalized spacial score (nSPS) is 13.4. The van der Waals surface area contributed by atoms with E-state index in [2.05, 4.69) is 10.6 Å². The summed E-state index contributed by atoms with van der Waals surface area (Å²) in [4.78, 5) is 23.2. The van der Waals surface area contributed by atoms with Gasteiger partial charge >= 0.3 is 6.03 Å². The molecule has 0 saturated heterocycles. The van der Waals surface area contributed by atoms with Gasteiger partial charge in [-0.3, -0.25) is 4.79 Å². The molecule has 0 spiro atoms. The van der Waals surface area contributed by atoms with Crippen LogP contribution in [0.5, 0.6) is 0 Å². The van der Waals surface area contributed by atoms with Gasteiger partial charge in [0.25, 0.3) is 5.56 Å². The van der Waals surface area contributed by atoms with Gasteiger partial charge in [0.15, 0.2) is 0 Å². The van der Waals surface area contributed by atoms with Crippen molar-refractivity contribution in [3.63, 3.8) is 0 Å². The zero-order valence-electron chi connectivity index (χ0n) is 10.2.